The van der Waals surface area contributed by atoms with Crippen LogP contribution < -0.4 is 0 Å². The molecule has 0 aliphatic rings. The summed E-state index contributed by atoms with van der Waals surface area (Å²) in [5.74, 6) is 0.251. The van der Waals surface area contributed by atoms with Crippen molar-refractivity contribution in [1.82, 2.24) is 9.80 Å². The van der Waals surface area contributed by atoms with Crippen LogP contribution in [-0.4, -0.2) is 60.0 Å². The Kier molecular flexibility index (Phi) is 9.21. The van der Waals surface area contributed by atoms with Crippen LogP contribution in [0.25, 0.3) is 0 Å². The molecule has 0 saturated carbocycles. The molecule has 5 heteroatoms. The molecular formula is C15H30N2O3. The Hall–Kier alpha value is -1.10. The van der Waals surface area contributed by atoms with E-state index in [1.807, 2.05) is 16.8 Å². The zero-order chi connectivity index (χ0) is 15.7. The lowest BCUT2D eigenvalue weighted by Crippen LogP contribution is -2.42. The van der Waals surface area contributed by atoms with Gasteiger partial charge >= 0.3 is 5.97 Å². The lowest BCUT2D eigenvalue weighted by Gasteiger charge is -2.28. The van der Waals surface area contributed by atoms with Crippen LogP contribution in [-0.2, 0) is 9.59 Å². The molecule has 0 aliphatic carbocycles. The van der Waals surface area contributed by atoms with Crippen LogP contribution in [0.4, 0.5) is 0 Å². The van der Waals surface area contributed by atoms with E-state index in [1.54, 1.807) is 0 Å². The molecular weight excluding hydrogens is 256 g/mol. The molecule has 0 aromatic carbocycles. The van der Waals surface area contributed by atoms with Crippen LogP contribution in [0.2, 0.25) is 0 Å². The summed E-state index contributed by atoms with van der Waals surface area (Å²) in [4.78, 5) is 26.6. The maximum absolute atomic E-state index is 12.3. The van der Waals surface area contributed by atoms with Gasteiger partial charge < -0.3 is 10.0 Å². The van der Waals surface area contributed by atoms with Crippen molar-refractivity contribution >= 4 is 11.9 Å². The number of rotatable bonds is 10. The molecule has 0 saturated heterocycles. The third-order valence-corrected chi connectivity index (χ3v) is 2.86. The first kappa shape index (κ1) is 18.9. The predicted octanol–water partition coefficient (Wildman–Crippen LogP) is 1.92. The number of amides is 1. The van der Waals surface area contributed by atoms with Gasteiger partial charge in [0.25, 0.3) is 0 Å². The summed E-state index contributed by atoms with van der Waals surface area (Å²) in [6, 6.07) is 0. The minimum Gasteiger partial charge on any atom is -0.481 e. The molecule has 0 aromatic heterocycles. The van der Waals surface area contributed by atoms with E-state index in [4.69, 9.17) is 5.11 Å². The Bertz CT molecular complexity index is 293. The van der Waals surface area contributed by atoms with E-state index in [2.05, 4.69) is 27.7 Å². The van der Waals surface area contributed by atoms with E-state index in [0.717, 1.165) is 13.1 Å². The molecule has 1 N–H and O–H groups in total. The first-order valence-corrected chi connectivity index (χ1v) is 7.40. The van der Waals surface area contributed by atoms with Gasteiger partial charge in [0.2, 0.25) is 5.91 Å². The summed E-state index contributed by atoms with van der Waals surface area (Å²) in [5, 5.41) is 8.60. The highest BCUT2D eigenvalue weighted by molar-refractivity contribution is 5.78. The van der Waals surface area contributed by atoms with E-state index in [9.17, 15) is 9.59 Å². The lowest BCUT2D eigenvalue weighted by atomic mass is 10.1. The number of likely N-dealkylation sites (N-methyl/N-ethyl adjacent to an activating group) is 1. The molecule has 0 aliphatic heterocycles. The molecule has 5 nitrogen and oxygen atoms in total. The summed E-state index contributed by atoms with van der Waals surface area (Å²) in [6.07, 6.45) is 0.730. The average molecular weight is 286 g/mol. The number of aliphatic carboxylic acids is 1. The number of carboxylic acid groups (broad SMARTS) is 1. The lowest BCUT2D eigenvalue weighted by molar-refractivity contribution is -0.137. The van der Waals surface area contributed by atoms with Gasteiger partial charge in [-0.2, -0.15) is 0 Å². The molecule has 0 unspecified atom stereocenters. The Morgan fingerprint density at radius 2 is 1.55 bits per heavy atom. The van der Waals surface area contributed by atoms with Gasteiger partial charge in [0.05, 0.1) is 6.54 Å². The minimum absolute atomic E-state index is 0.130. The van der Waals surface area contributed by atoms with Gasteiger partial charge in [-0.3, -0.25) is 14.5 Å². The van der Waals surface area contributed by atoms with Crippen molar-refractivity contribution < 1.29 is 14.7 Å². The number of hydrogen-bond donors (Lipinski definition) is 1. The van der Waals surface area contributed by atoms with Crippen molar-refractivity contribution in [2.24, 2.45) is 11.8 Å². The Balaban J connectivity index is 4.25. The van der Waals surface area contributed by atoms with E-state index in [0.29, 0.717) is 31.3 Å². The van der Waals surface area contributed by atoms with Crippen molar-refractivity contribution in [3.63, 3.8) is 0 Å². The molecule has 0 atom stereocenters. The summed E-state index contributed by atoms with van der Waals surface area (Å²) < 4.78 is 0. The molecule has 0 heterocycles. The first-order valence-electron chi connectivity index (χ1n) is 7.40. The molecule has 0 fully saturated rings. The number of carbonyl (C=O) groups excluding carboxylic acids is 1. The van der Waals surface area contributed by atoms with Gasteiger partial charge in [-0.1, -0.05) is 27.7 Å². The predicted molar refractivity (Wildman–Crippen MR) is 80.6 cm³/mol. The molecule has 1 amide bonds. The highest BCUT2D eigenvalue weighted by Gasteiger charge is 2.17. The minimum atomic E-state index is -0.786. The standard InChI is InChI=1S/C15H30N2O3/c1-12(2)9-17(10-13(3)4)14(18)11-16(5)8-6-7-15(19)20/h12-13H,6-11H2,1-5H3,(H,19,20). The fraction of sp³-hybridized carbons (Fsp3) is 0.867. The van der Waals surface area contributed by atoms with Crippen molar-refractivity contribution in [2.75, 3.05) is 33.2 Å². The van der Waals surface area contributed by atoms with Crippen molar-refractivity contribution in [3.05, 3.63) is 0 Å². The summed E-state index contributed by atoms with van der Waals surface area (Å²) >= 11 is 0. The zero-order valence-electron chi connectivity index (χ0n) is 13.6. The van der Waals surface area contributed by atoms with Crippen LogP contribution in [0, 0.1) is 11.8 Å². The second kappa shape index (κ2) is 9.75. The third kappa shape index (κ3) is 9.78. The first-order chi connectivity index (χ1) is 9.22. The Morgan fingerprint density at radius 1 is 1.05 bits per heavy atom. The number of carbonyl (C=O) groups is 2. The van der Waals surface area contributed by atoms with Crippen LogP contribution in [0.3, 0.4) is 0 Å². The zero-order valence-corrected chi connectivity index (χ0v) is 13.6. The average Bonchev–Trinajstić information content (AvgIpc) is 2.25. The van der Waals surface area contributed by atoms with Crippen LogP contribution in [0.5, 0.6) is 0 Å². The Morgan fingerprint density at radius 3 is 1.95 bits per heavy atom. The highest BCUT2D eigenvalue weighted by Crippen LogP contribution is 2.05. The fourth-order valence-electron chi connectivity index (χ4n) is 2.07. The van der Waals surface area contributed by atoms with Gasteiger partial charge in [0.15, 0.2) is 0 Å². The molecule has 0 spiro atoms. The van der Waals surface area contributed by atoms with E-state index in [-0.39, 0.29) is 12.3 Å². The van der Waals surface area contributed by atoms with Gasteiger partial charge in [0.1, 0.15) is 0 Å². The monoisotopic (exact) mass is 286 g/mol. The molecule has 0 bridgehead atoms. The van der Waals surface area contributed by atoms with Crippen molar-refractivity contribution in [1.29, 1.82) is 0 Å². The van der Waals surface area contributed by atoms with Gasteiger partial charge in [-0.15, -0.1) is 0 Å². The van der Waals surface area contributed by atoms with Crippen LogP contribution in [0.1, 0.15) is 40.5 Å². The molecule has 0 rings (SSSR count). The normalized spacial score (nSPS) is 11.4. The summed E-state index contributed by atoms with van der Waals surface area (Å²) in [7, 11) is 1.86. The van der Waals surface area contributed by atoms with E-state index < -0.39 is 5.97 Å². The fourth-order valence-corrected chi connectivity index (χ4v) is 2.07. The second-order valence-corrected chi connectivity index (χ2v) is 6.32. The van der Waals surface area contributed by atoms with E-state index in [1.165, 1.54) is 0 Å². The quantitative estimate of drug-likeness (QED) is 0.666. The summed E-state index contributed by atoms with van der Waals surface area (Å²) in [6.45, 7) is 11.0. The summed E-state index contributed by atoms with van der Waals surface area (Å²) in [5.41, 5.74) is 0. The third-order valence-electron chi connectivity index (χ3n) is 2.86. The van der Waals surface area contributed by atoms with Gasteiger partial charge in [-0.05, 0) is 31.8 Å². The maximum Gasteiger partial charge on any atom is 0.303 e. The maximum atomic E-state index is 12.3. The topological polar surface area (TPSA) is 60.9 Å². The molecule has 118 valence electrons. The second-order valence-electron chi connectivity index (χ2n) is 6.32. The molecule has 20 heavy (non-hydrogen) atoms. The number of nitrogens with zero attached hydrogens (tertiary/aromatic N) is 2. The molecule has 0 radical (unpaired) electrons. The Labute approximate surface area is 122 Å². The number of hydrogen-bond acceptors (Lipinski definition) is 3. The SMILES string of the molecule is CC(C)CN(CC(C)C)C(=O)CN(C)CCCC(=O)O. The highest BCUT2D eigenvalue weighted by atomic mass is 16.4. The number of carboxylic acids is 1. The van der Waals surface area contributed by atoms with Crippen LogP contribution >= 0.6 is 0 Å². The van der Waals surface area contributed by atoms with Crippen LogP contribution in [0.15, 0.2) is 0 Å². The van der Waals surface area contributed by atoms with Crippen molar-refractivity contribution in [3.8, 4) is 0 Å². The largest absolute Gasteiger partial charge is 0.481 e. The van der Waals surface area contributed by atoms with Gasteiger partial charge in [0, 0.05) is 19.5 Å². The smallest absolute Gasteiger partial charge is 0.303 e. The molecule has 0 aromatic rings. The van der Waals surface area contributed by atoms with E-state index >= 15 is 0 Å². The van der Waals surface area contributed by atoms with Gasteiger partial charge in [-0.25, -0.2) is 0 Å². The van der Waals surface area contributed by atoms with Crippen molar-refractivity contribution in [2.45, 2.75) is 40.5 Å².